The van der Waals surface area contributed by atoms with Crippen molar-refractivity contribution in [3.05, 3.63) is 36.2 Å². The number of aromatic nitrogens is 3. The zero-order chi connectivity index (χ0) is 20.1. The third-order valence-electron chi connectivity index (χ3n) is 5.71. The van der Waals surface area contributed by atoms with E-state index in [9.17, 15) is 4.79 Å². The van der Waals surface area contributed by atoms with Gasteiger partial charge in [0, 0.05) is 6.04 Å². The third kappa shape index (κ3) is 4.96. The van der Waals surface area contributed by atoms with Gasteiger partial charge in [-0.15, -0.1) is 10.2 Å². The summed E-state index contributed by atoms with van der Waals surface area (Å²) in [6, 6.07) is 8.53. The van der Waals surface area contributed by atoms with Gasteiger partial charge in [0.05, 0.1) is 11.4 Å². The number of hydrogen-bond donors (Lipinski definition) is 1. The summed E-state index contributed by atoms with van der Waals surface area (Å²) in [5.41, 5.74) is 2.54. The lowest BCUT2D eigenvalue weighted by atomic mass is 9.69. The largest absolute Gasteiger partial charge is 0.352 e. The van der Waals surface area contributed by atoms with Crippen molar-refractivity contribution in [3.63, 3.8) is 0 Å². The fourth-order valence-corrected chi connectivity index (χ4v) is 4.98. The van der Waals surface area contributed by atoms with Crippen LogP contribution in [0.3, 0.4) is 0 Å². The highest BCUT2D eigenvalue weighted by molar-refractivity contribution is 7.99. The van der Waals surface area contributed by atoms with Crippen LogP contribution in [0.4, 0.5) is 0 Å². The van der Waals surface area contributed by atoms with Crippen LogP contribution in [0.2, 0.25) is 0 Å². The zero-order valence-electron chi connectivity index (χ0n) is 17.4. The van der Waals surface area contributed by atoms with E-state index in [1.165, 1.54) is 36.6 Å². The molecule has 0 saturated heterocycles. The van der Waals surface area contributed by atoms with Crippen molar-refractivity contribution in [3.8, 4) is 5.69 Å². The summed E-state index contributed by atoms with van der Waals surface area (Å²) in [5.74, 6) is 0.986. The minimum Gasteiger partial charge on any atom is -0.352 e. The van der Waals surface area contributed by atoms with E-state index in [0.717, 1.165) is 23.7 Å². The van der Waals surface area contributed by atoms with Crippen molar-refractivity contribution in [1.82, 2.24) is 20.1 Å². The molecule has 1 fully saturated rings. The number of nitrogens with zero attached hydrogens (tertiary/aromatic N) is 3. The SMILES string of the molecule is CCc1ccccc1-n1cnnc1SCC(=O)NC1CCCCC1C(C)(C)C. The summed E-state index contributed by atoms with van der Waals surface area (Å²) in [6.45, 7) is 8.99. The van der Waals surface area contributed by atoms with Crippen molar-refractivity contribution in [2.24, 2.45) is 11.3 Å². The minimum atomic E-state index is 0.0875. The van der Waals surface area contributed by atoms with Gasteiger partial charge in [0.1, 0.15) is 6.33 Å². The summed E-state index contributed by atoms with van der Waals surface area (Å²) >= 11 is 1.45. The molecule has 0 radical (unpaired) electrons. The molecule has 2 unspecified atom stereocenters. The maximum absolute atomic E-state index is 12.7. The standard InChI is InChI=1S/C22H32N4OS/c1-5-16-10-6-9-13-19(16)26-15-23-25-21(26)28-14-20(27)24-18-12-8-7-11-17(18)22(2,3)4/h6,9-10,13,15,17-18H,5,7-8,11-12,14H2,1-4H3,(H,24,27). The van der Waals surface area contributed by atoms with Crippen LogP contribution in [0.15, 0.2) is 35.7 Å². The summed E-state index contributed by atoms with van der Waals surface area (Å²) in [6.07, 6.45) is 7.41. The summed E-state index contributed by atoms with van der Waals surface area (Å²) in [7, 11) is 0. The molecule has 5 nitrogen and oxygen atoms in total. The number of aryl methyl sites for hydroxylation is 1. The number of nitrogens with one attached hydrogen (secondary N) is 1. The number of thioether (sulfide) groups is 1. The van der Waals surface area contributed by atoms with Crippen molar-refractivity contribution < 1.29 is 4.79 Å². The Bertz CT molecular complexity index is 796. The van der Waals surface area contributed by atoms with Gasteiger partial charge in [-0.05, 0) is 42.2 Å². The Labute approximate surface area is 172 Å². The first-order valence-corrected chi connectivity index (χ1v) is 11.3. The maximum atomic E-state index is 12.7. The molecule has 0 spiro atoms. The van der Waals surface area contributed by atoms with Gasteiger partial charge >= 0.3 is 0 Å². The Balaban J connectivity index is 1.64. The number of para-hydroxylation sites is 1. The monoisotopic (exact) mass is 400 g/mol. The fourth-order valence-electron chi connectivity index (χ4n) is 4.25. The van der Waals surface area contributed by atoms with E-state index >= 15 is 0 Å². The highest BCUT2D eigenvalue weighted by Gasteiger charge is 2.34. The third-order valence-corrected chi connectivity index (χ3v) is 6.65. The van der Waals surface area contributed by atoms with Crippen LogP contribution in [0.1, 0.15) is 58.9 Å². The van der Waals surface area contributed by atoms with Gasteiger partial charge in [0.25, 0.3) is 0 Å². The van der Waals surface area contributed by atoms with Gasteiger partial charge < -0.3 is 5.32 Å². The Hall–Kier alpha value is -1.82. The summed E-state index contributed by atoms with van der Waals surface area (Å²) in [4.78, 5) is 12.7. The first-order chi connectivity index (χ1) is 13.4. The second-order valence-electron chi connectivity index (χ2n) is 8.69. The Morgan fingerprint density at radius 3 is 2.75 bits per heavy atom. The van der Waals surface area contributed by atoms with Crippen molar-refractivity contribution in [2.75, 3.05) is 5.75 Å². The van der Waals surface area contributed by atoms with Crippen LogP contribution in [0.5, 0.6) is 0 Å². The predicted octanol–water partition coefficient (Wildman–Crippen LogP) is 4.64. The Morgan fingerprint density at radius 1 is 1.25 bits per heavy atom. The van der Waals surface area contributed by atoms with Gasteiger partial charge in [-0.1, -0.05) is 70.5 Å². The molecule has 1 amide bonds. The maximum Gasteiger partial charge on any atom is 0.230 e. The van der Waals surface area contributed by atoms with E-state index in [1.54, 1.807) is 6.33 Å². The number of amides is 1. The van der Waals surface area contributed by atoms with Crippen LogP contribution in [-0.4, -0.2) is 32.5 Å². The molecule has 6 heteroatoms. The average Bonchev–Trinajstić information content (AvgIpc) is 3.14. The second kappa shape index (κ2) is 9.12. The molecule has 1 aromatic carbocycles. The van der Waals surface area contributed by atoms with Crippen LogP contribution in [-0.2, 0) is 11.2 Å². The normalized spacial score (nSPS) is 20.1. The minimum absolute atomic E-state index is 0.0875. The first kappa shape index (κ1) is 20.9. The van der Waals surface area contributed by atoms with Crippen LogP contribution in [0.25, 0.3) is 5.69 Å². The molecule has 0 bridgehead atoms. The molecule has 2 aromatic rings. The van der Waals surface area contributed by atoms with Gasteiger partial charge in [0.2, 0.25) is 5.91 Å². The van der Waals surface area contributed by atoms with Crippen LogP contribution >= 0.6 is 11.8 Å². The van der Waals surface area contributed by atoms with Gasteiger partial charge in [0.15, 0.2) is 5.16 Å². The average molecular weight is 401 g/mol. The van der Waals surface area contributed by atoms with Gasteiger partial charge in [-0.2, -0.15) is 0 Å². The number of carbonyl (C=O) groups is 1. The lowest BCUT2D eigenvalue weighted by molar-refractivity contribution is -0.120. The highest BCUT2D eigenvalue weighted by atomic mass is 32.2. The molecule has 1 heterocycles. The van der Waals surface area contributed by atoms with E-state index in [2.05, 4.69) is 55.3 Å². The molecule has 3 rings (SSSR count). The molecule has 28 heavy (non-hydrogen) atoms. The molecule has 1 saturated carbocycles. The van der Waals surface area contributed by atoms with Gasteiger partial charge in [-0.3, -0.25) is 9.36 Å². The number of carbonyl (C=O) groups excluding carboxylic acids is 1. The number of rotatable bonds is 6. The quantitative estimate of drug-likeness (QED) is 0.718. The molecule has 2 atom stereocenters. The molecule has 1 N–H and O–H groups in total. The predicted molar refractivity (Wildman–Crippen MR) is 115 cm³/mol. The topological polar surface area (TPSA) is 59.8 Å². The molecular weight excluding hydrogens is 368 g/mol. The van der Waals surface area contributed by atoms with Crippen molar-refractivity contribution in [1.29, 1.82) is 0 Å². The molecule has 1 aliphatic rings. The Morgan fingerprint density at radius 2 is 2.00 bits per heavy atom. The lowest BCUT2D eigenvalue weighted by Crippen LogP contribution is -2.47. The lowest BCUT2D eigenvalue weighted by Gasteiger charge is -2.40. The van der Waals surface area contributed by atoms with E-state index in [-0.39, 0.29) is 17.4 Å². The molecule has 0 aliphatic heterocycles. The van der Waals surface area contributed by atoms with Crippen LogP contribution < -0.4 is 5.32 Å². The smallest absolute Gasteiger partial charge is 0.230 e. The van der Waals surface area contributed by atoms with E-state index in [4.69, 9.17) is 0 Å². The molecule has 1 aromatic heterocycles. The van der Waals surface area contributed by atoms with Crippen LogP contribution in [0, 0.1) is 11.3 Å². The second-order valence-corrected chi connectivity index (χ2v) is 9.63. The molecule has 152 valence electrons. The fraction of sp³-hybridized carbons (Fsp3) is 0.591. The summed E-state index contributed by atoms with van der Waals surface area (Å²) < 4.78 is 1.98. The molecule has 1 aliphatic carbocycles. The number of hydrogen-bond acceptors (Lipinski definition) is 4. The number of benzene rings is 1. The highest BCUT2D eigenvalue weighted by Crippen LogP contribution is 2.38. The molecular formula is C22H32N4OS. The Kier molecular flexibility index (Phi) is 6.81. The van der Waals surface area contributed by atoms with E-state index in [1.807, 2.05) is 16.7 Å². The van der Waals surface area contributed by atoms with E-state index in [0.29, 0.717) is 11.7 Å². The van der Waals surface area contributed by atoms with E-state index < -0.39 is 0 Å². The summed E-state index contributed by atoms with van der Waals surface area (Å²) in [5, 5.41) is 12.4. The zero-order valence-corrected chi connectivity index (χ0v) is 18.3. The van der Waals surface area contributed by atoms with Crippen molar-refractivity contribution >= 4 is 17.7 Å². The first-order valence-electron chi connectivity index (χ1n) is 10.3. The van der Waals surface area contributed by atoms with Crippen molar-refractivity contribution in [2.45, 2.75) is 71.0 Å². The van der Waals surface area contributed by atoms with Gasteiger partial charge in [-0.25, -0.2) is 0 Å².